The zero-order chi connectivity index (χ0) is 15.9. The predicted molar refractivity (Wildman–Crippen MR) is 87.7 cm³/mol. The summed E-state index contributed by atoms with van der Waals surface area (Å²) in [5.41, 5.74) is 1.57. The summed E-state index contributed by atoms with van der Waals surface area (Å²) in [6.45, 7) is 0.780. The second kappa shape index (κ2) is 7.26. The Hall–Kier alpha value is -3.08. The van der Waals surface area contributed by atoms with E-state index in [2.05, 4.69) is 10.3 Å². The van der Waals surface area contributed by atoms with E-state index in [1.165, 1.54) is 0 Å². The van der Waals surface area contributed by atoms with Crippen molar-refractivity contribution in [1.29, 1.82) is 0 Å². The molecule has 3 rings (SSSR count). The van der Waals surface area contributed by atoms with Gasteiger partial charge in [-0.3, -0.25) is 4.98 Å². The second-order valence-electron chi connectivity index (χ2n) is 5.05. The number of nitrogens with one attached hydrogen (secondary N) is 1. The summed E-state index contributed by atoms with van der Waals surface area (Å²) >= 11 is 0. The zero-order valence-corrected chi connectivity index (χ0v) is 12.6. The number of amides is 2. The van der Waals surface area contributed by atoms with Crippen molar-refractivity contribution in [2.75, 3.05) is 5.32 Å². The monoisotopic (exact) mass is 307 g/mol. The second-order valence-corrected chi connectivity index (χ2v) is 5.05. The van der Waals surface area contributed by atoms with E-state index in [1.807, 2.05) is 60.7 Å². The smallest absolute Gasteiger partial charge is 0.322 e. The topological polar surface area (TPSA) is 58.4 Å². The van der Waals surface area contributed by atoms with Crippen molar-refractivity contribution in [3.8, 4) is 0 Å². The summed E-state index contributed by atoms with van der Waals surface area (Å²) in [5.74, 6) is 0.726. The number of furan rings is 1. The number of urea groups is 1. The molecule has 0 spiro atoms. The molecular formula is C18H17N3O2. The first-order valence-corrected chi connectivity index (χ1v) is 7.34. The van der Waals surface area contributed by atoms with E-state index in [0.717, 1.165) is 17.1 Å². The molecule has 0 saturated heterocycles. The Morgan fingerprint density at radius 1 is 1.00 bits per heavy atom. The number of benzene rings is 1. The van der Waals surface area contributed by atoms with Crippen LogP contribution in [0.2, 0.25) is 0 Å². The molecule has 5 heteroatoms. The number of rotatable bonds is 5. The normalized spacial score (nSPS) is 10.3. The number of hydrogen-bond donors (Lipinski definition) is 1. The fourth-order valence-electron chi connectivity index (χ4n) is 2.20. The summed E-state index contributed by atoms with van der Waals surface area (Å²) < 4.78 is 5.36. The standard InChI is InChI=1S/C18H17N3O2/c22-18(20-15-7-2-1-3-8-15)21(14-17-10-6-12-23-17)13-16-9-4-5-11-19-16/h1-12H,13-14H2,(H,20,22). The molecule has 0 radical (unpaired) electrons. The number of pyridine rings is 1. The minimum Gasteiger partial charge on any atom is -0.467 e. The van der Waals surface area contributed by atoms with Crippen LogP contribution in [0.15, 0.2) is 77.5 Å². The van der Waals surface area contributed by atoms with Crippen molar-refractivity contribution in [3.05, 3.63) is 84.6 Å². The lowest BCUT2D eigenvalue weighted by Crippen LogP contribution is -2.34. The molecule has 0 aliphatic rings. The van der Waals surface area contributed by atoms with E-state index in [1.54, 1.807) is 17.4 Å². The first-order valence-electron chi connectivity index (χ1n) is 7.34. The van der Waals surface area contributed by atoms with Crippen LogP contribution in [0.25, 0.3) is 0 Å². The lowest BCUT2D eigenvalue weighted by atomic mass is 10.3. The Balaban J connectivity index is 1.75. The van der Waals surface area contributed by atoms with Gasteiger partial charge in [-0.1, -0.05) is 24.3 Å². The van der Waals surface area contributed by atoms with Crippen molar-refractivity contribution < 1.29 is 9.21 Å². The lowest BCUT2D eigenvalue weighted by molar-refractivity contribution is 0.200. The van der Waals surface area contributed by atoms with E-state index in [9.17, 15) is 4.79 Å². The van der Waals surface area contributed by atoms with Crippen LogP contribution < -0.4 is 5.32 Å². The van der Waals surface area contributed by atoms with Gasteiger partial charge in [-0.15, -0.1) is 0 Å². The van der Waals surface area contributed by atoms with Gasteiger partial charge in [0.25, 0.3) is 0 Å². The van der Waals surface area contributed by atoms with Gasteiger partial charge in [0.15, 0.2) is 0 Å². The number of para-hydroxylation sites is 1. The molecule has 0 aliphatic carbocycles. The van der Waals surface area contributed by atoms with Crippen molar-refractivity contribution in [3.63, 3.8) is 0 Å². The van der Waals surface area contributed by atoms with Gasteiger partial charge in [0.05, 0.1) is 25.0 Å². The Morgan fingerprint density at radius 3 is 2.52 bits per heavy atom. The molecule has 116 valence electrons. The number of aromatic nitrogens is 1. The largest absolute Gasteiger partial charge is 0.467 e. The van der Waals surface area contributed by atoms with Crippen LogP contribution in [0.3, 0.4) is 0 Å². The SMILES string of the molecule is O=C(Nc1ccccc1)N(Cc1ccccn1)Cc1ccco1. The van der Waals surface area contributed by atoms with Gasteiger partial charge in [0, 0.05) is 11.9 Å². The fourth-order valence-corrected chi connectivity index (χ4v) is 2.20. The van der Waals surface area contributed by atoms with E-state index >= 15 is 0 Å². The highest BCUT2D eigenvalue weighted by Crippen LogP contribution is 2.12. The van der Waals surface area contributed by atoms with Gasteiger partial charge < -0.3 is 14.6 Å². The number of anilines is 1. The first-order chi connectivity index (χ1) is 11.3. The van der Waals surface area contributed by atoms with Gasteiger partial charge in [0.1, 0.15) is 5.76 Å². The maximum atomic E-state index is 12.6. The summed E-state index contributed by atoms with van der Waals surface area (Å²) in [6, 6.07) is 18.5. The molecule has 0 bridgehead atoms. The van der Waals surface area contributed by atoms with Crippen LogP contribution in [-0.4, -0.2) is 15.9 Å². The summed E-state index contributed by atoms with van der Waals surface area (Å²) in [6.07, 6.45) is 3.32. The predicted octanol–water partition coefficient (Wildman–Crippen LogP) is 3.91. The van der Waals surface area contributed by atoms with Gasteiger partial charge >= 0.3 is 6.03 Å². The highest BCUT2D eigenvalue weighted by atomic mass is 16.3. The van der Waals surface area contributed by atoms with Gasteiger partial charge in [-0.25, -0.2) is 4.79 Å². The Labute approximate surface area is 134 Å². The van der Waals surface area contributed by atoms with E-state index in [-0.39, 0.29) is 6.03 Å². The van der Waals surface area contributed by atoms with E-state index in [0.29, 0.717) is 13.1 Å². The third kappa shape index (κ3) is 4.20. The number of carbonyl (C=O) groups is 1. The van der Waals surface area contributed by atoms with Gasteiger partial charge in [0.2, 0.25) is 0 Å². The molecule has 0 fully saturated rings. The number of carbonyl (C=O) groups excluding carboxylic acids is 1. The Bertz CT molecular complexity index is 727. The fraction of sp³-hybridized carbons (Fsp3) is 0.111. The molecule has 2 heterocycles. The van der Waals surface area contributed by atoms with Crippen molar-refractivity contribution in [2.24, 2.45) is 0 Å². The molecule has 1 aromatic carbocycles. The molecule has 1 N–H and O–H groups in total. The molecular weight excluding hydrogens is 290 g/mol. The van der Waals surface area contributed by atoms with Crippen molar-refractivity contribution in [2.45, 2.75) is 13.1 Å². The van der Waals surface area contributed by atoms with Crippen LogP contribution in [0.4, 0.5) is 10.5 Å². The van der Waals surface area contributed by atoms with Crippen LogP contribution >= 0.6 is 0 Å². The quantitative estimate of drug-likeness (QED) is 0.777. The molecule has 0 unspecified atom stereocenters. The minimum absolute atomic E-state index is 0.196. The maximum absolute atomic E-state index is 12.6. The molecule has 2 aromatic heterocycles. The van der Waals surface area contributed by atoms with E-state index < -0.39 is 0 Å². The summed E-state index contributed by atoms with van der Waals surface area (Å²) in [7, 11) is 0. The summed E-state index contributed by atoms with van der Waals surface area (Å²) in [5, 5.41) is 2.89. The molecule has 3 aromatic rings. The van der Waals surface area contributed by atoms with Crippen LogP contribution in [-0.2, 0) is 13.1 Å². The molecule has 23 heavy (non-hydrogen) atoms. The molecule has 0 saturated carbocycles. The molecule has 0 aliphatic heterocycles. The number of nitrogens with zero attached hydrogens (tertiary/aromatic N) is 2. The van der Waals surface area contributed by atoms with Crippen LogP contribution in [0.1, 0.15) is 11.5 Å². The zero-order valence-electron chi connectivity index (χ0n) is 12.6. The average Bonchev–Trinajstić information content (AvgIpc) is 3.09. The molecule has 2 amide bonds. The third-order valence-electron chi connectivity index (χ3n) is 3.32. The van der Waals surface area contributed by atoms with E-state index in [4.69, 9.17) is 4.42 Å². The minimum atomic E-state index is -0.196. The highest BCUT2D eigenvalue weighted by molar-refractivity contribution is 5.89. The van der Waals surface area contributed by atoms with Gasteiger partial charge in [-0.2, -0.15) is 0 Å². The van der Waals surface area contributed by atoms with Crippen LogP contribution in [0.5, 0.6) is 0 Å². The first kappa shape index (κ1) is 14.8. The van der Waals surface area contributed by atoms with Gasteiger partial charge in [-0.05, 0) is 36.4 Å². The van der Waals surface area contributed by atoms with Crippen molar-refractivity contribution >= 4 is 11.7 Å². The summed E-state index contributed by atoms with van der Waals surface area (Å²) in [4.78, 5) is 18.5. The Kier molecular flexibility index (Phi) is 4.69. The number of hydrogen-bond acceptors (Lipinski definition) is 3. The molecule has 5 nitrogen and oxygen atoms in total. The van der Waals surface area contributed by atoms with Crippen molar-refractivity contribution in [1.82, 2.24) is 9.88 Å². The lowest BCUT2D eigenvalue weighted by Gasteiger charge is -2.22. The highest BCUT2D eigenvalue weighted by Gasteiger charge is 2.16. The Morgan fingerprint density at radius 2 is 1.83 bits per heavy atom. The third-order valence-corrected chi connectivity index (χ3v) is 3.32. The average molecular weight is 307 g/mol. The van der Waals surface area contributed by atoms with Crippen LogP contribution in [0, 0.1) is 0 Å². The maximum Gasteiger partial charge on any atom is 0.322 e. The molecule has 0 atom stereocenters.